The van der Waals surface area contributed by atoms with Gasteiger partial charge in [0.05, 0.1) is 18.3 Å². The first-order valence-electron chi connectivity index (χ1n) is 17.0. The number of ether oxygens (including phenoxy) is 2. The third kappa shape index (κ3) is 8.45. The monoisotopic (exact) mass is 745 g/mol. The maximum absolute atomic E-state index is 14.4. The van der Waals surface area contributed by atoms with Crippen LogP contribution >= 0.6 is 0 Å². The average molecular weight is 746 g/mol. The van der Waals surface area contributed by atoms with E-state index in [9.17, 15) is 41.6 Å². The van der Waals surface area contributed by atoms with Gasteiger partial charge in [-0.25, -0.2) is 22.4 Å². The van der Waals surface area contributed by atoms with Crippen LogP contribution in [0.3, 0.4) is 0 Å². The number of nitrogens with zero attached hydrogens (tertiary/aromatic N) is 2. The van der Waals surface area contributed by atoms with Crippen LogP contribution < -0.4 is 15.4 Å². The lowest BCUT2D eigenvalue weighted by Crippen LogP contribution is -2.58. The van der Waals surface area contributed by atoms with Crippen molar-refractivity contribution in [1.29, 1.82) is 0 Å². The normalized spacial score (nSPS) is 24.2. The molecule has 3 N–H and O–H groups in total. The van der Waals surface area contributed by atoms with Gasteiger partial charge in [0.15, 0.2) is 5.78 Å². The molecule has 4 aliphatic rings. The van der Waals surface area contributed by atoms with E-state index in [-0.39, 0.29) is 38.0 Å². The van der Waals surface area contributed by atoms with Gasteiger partial charge in [-0.05, 0) is 64.2 Å². The molecule has 282 valence electrons. The maximum atomic E-state index is 14.4. The molecule has 0 bridgehead atoms. The number of alkyl carbamates (subject to hydrolysis) is 1. The summed E-state index contributed by atoms with van der Waals surface area (Å²) < 4.78 is 52.7. The Kier molecular flexibility index (Phi) is 10.6. The quantitative estimate of drug-likeness (QED) is 0.211. The molecular formula is C35H44FN5O10S. The van der Waals surface area contributed by atoms with Crippen molar-refractivity contribution in [2.45, 2.75) is 107 Å². The van der Waals surface area contributed by atoms with Crippen LogP contribution in [0, 0.1) is 11.7 Å². The number of carbonyl (C=O) groups is 6. The van der Waals surface area contributed by atoms with Crippen LogP contribution in [-0.2, 0) is 51.8 Å². The first kappa shape index (κ1) is 38.4. The smallest absolute Gasteiger partial charge is 0.410 e. The highest BCUT2D eigenvalue weighted by atomic mass is 32.2. The molecular weight excluding hydrogens is 701 g/mol. The molecule has 2 saturated carbocycles. The predicted molar refractivity (Wildman–Crippen MR) is 183 cm³/mol. The van der Waals surface area contributed by atoms with Gasteiger partial charge in [-0.3, -0.25) is 28.8 Å². The van der Waals surface area contributed by atoms with Gasteiger partial charge in [-0.15, -0.1) is 6.58 Å². The molecule has 1 aromatic rings. The Balaban J connectivity index is 1.39. The van der Waals surface area contributed by atoms with E-state index in [0.717, 1.165) is 4.90 Å². The second-order valence-electron chi connectivity index (χ2n) is 14.8. The molecule has 2 unspecified atom stereocenters. The number of halogens is 1. The molecule has 5 amide bonds. The lowest BCUT2D eigenvalue weighted by molar-refractivity contribution is -0.141. The number of benzene rings is 1. The van der Waals surface area contributed by atoms with E-state index >= 15 is 0 Å². The highest BCUT2D eigenvalue weighted by Crippen LogP contribution is 2.45. The summed E-state index contributed by atoms with van der Waals surface area (Å²) in [5.74, 6) is -4.37. The SMILES string of the molecule is C=C[C@@H]1C[C@]1(NC(=O)C1CC(OC(=O)N2Cc3cccc(F)c3C2)CN1C(=O)[C@H](CC(=O)C(=C)C)NC(=O)OC(C)(C)C)C(=O)NS(=O)(=O)C1CC1. The number of ketones is 1. The molecule has 15 nitrogen and oxygen atoms in total. The summed E-state index contributed by atoms with van der Waals surface area (Å²) in [4.78, 5) is 82.9. The Labute approximate surface area is 301 Å². The van der Waals surface area contributed by atoms with E-state index in [4.69, 9.17) is 9.47 Å². The minimum atomic E-state index is -3.97. The number of likely N-dealkylation sites (tertiary alicyclic amines) is 1. The Morgan fingerprint density at radius 1 is 1.13 bits per heavy atom. The van der Waals surface area contributed by atoms with Crippen LogP contribution in [0.15, 0.2) is 43.0 Å². The highest BCUT2D eigenvalue weighted by Gasteiger charge is 2.62. The Bertz CT molecular complexity index is 1820. The summed E-state index contributed by atoms with van der Waals surface area (Å²) in [7, 11) is -3.97. The van der Waals surface area contributed by atoms with Gasteiger partial charge < -0.3 is 25.0 Å². The van der Waals surface area contributed by atoms with Crippen LogP contribution in [0.5, 0.6) is 0 Å². The number of Topliss-reactive ketones (excluding diaryl/α,β-unsaturated/α-hetero) is 1. The highest BCUT2D eigenvalue weighted by molar-refractivity contribution is 7.91. The van der Waals surface area contributed by atoms with E-state index in [1.807, 2.05) is 0 Å². The molecule has 0 spiro atoms. The van der Waals surface area contributed by atoms with Gasteiger partial charge in [0.1, 0.15) is 35.1 Å². The Morgan fingerprint density at radius 2 is 1.83 bits per heavy atom. The summed E-state index contributed by atoms with van der Waals surface area (Å²) in [6, 6.07) is 1.54. The van der Waals surface area contributed by atoms with Gasteiger partial charge in [0.25, 0.3) is 5.91 Å². The van der Waals surface area contributed by atoms with Crippen LogP contribution in [0.4, 0.5) is 14.0 Å². The third-order valence-corrected chi connectivity index (χ3v) is 11.2. The Morgan fingerprint density at radius 3 is 2.40 bits per heavy atom. The molecule has 52 heavy (non-hydrogen) atoms. The number of fused-ring (bicyclic) bond motifs is 1. The molecule has 0 aromatic heterocycles. The summed E-state index contributed by atoms with van der Waals surface area (Å²) in [5, 5.41) is 4.33. The van der Waals surface area contributed by atoms with Gasteiger partial charge in [0, 0.05) is 30.9 Å². The number of amides is 5. The molecule has 2 aliphatic carbocycles. The standard InChI is InChI=1S/C35H44FN5O10S/c1-7-21-15-35(21,31(45)39-52(48,49)23-11-12-23)38-29(43)27-13-22(50-33(47)40-16-20-9-8-10-25(36)24(20)18-40)17-41(27)30(44)26(14-28(42)19(2)3)37-32(46)51-34(4,5)6/h7-10,21-23,26-27H,1-2,11-18H2,3-6H3,(H,37,46)(H,38,43)(H,39,45)/t21-,22?,26+,27?,35-/m1/s1. The largest absolute Gasteiger partial charge is 0.444 e. The first-order valence-corrected chi connectivity index (χ1v) is 18.5. The molecule has 17 heteroatoms. The number of sulfonamides is 1. The van der Waals surface area contributed by atoms with E-state index in [1.165, 1.54) is 30.0 Å². The zero-order valence-corrected chi connectivity index (χ0v) is 30.3. The van der Waals surface area contributed by atoms with Crippen molar-refractivity contribution in [2.75, 3.05) is 6.54 Å². The molecule has 0 radical (unpaired) electrons. The first-order chi connectivity index (χ1) is 24.2. The predicted octanol–water partition coefficient (Wildman–Crippen LogP) is 2.35. The van der Waals surface area contributed by atoms with Gasteiger partial charge >= 0.3 is 12.2 Å². The number of carbonyl (C=O) groups excluding carboxylic acids is 6. The molecule has 3 fully saturated rings. The summed E-state index contributed by atoms with van der Waals surface area (Å²) in [6.07, 6.45) is -1.48. The maximum Gasteiger partial charge on any atom is 0.410 e. The van der Waals surface area contributed by atoms with E-state index < -0.39 is 98.4 Å². The number of rotatable bonds is 12. The zero-order valence-electron chi connectivity index (χ0n) is 29.5. The topological polar surface area (TPSA) is 198 Å². The van der Waals surface area contributed by atoms with E-state index in [2.05, 4.69) is 28.5 Å². The molecule has 2 aliphatic heterocycles. The van der Waals surface area contributed by atoms with Gasteiger partial charge in [0.2, 0.25) is 21.8 Å². The van der Waals surface area contributed by atoms with E-state index in [0.29, 0.717) is 24.0 Å². The van der Waals surface area contributed by atoms with Crippen LogP contribution in [-0.4, -0.2) is 95.0 Å². The lowest BCUT2D eigenvalue weighted by Gasteiger charge is -2.30. The minimum Gasteiger partial charge on any atom is -0.444 e. The van der Waals surface area contributed by atoms with Crippen molar-refractivity contribution in [2.24, 2.45) is 5.92 Å². The van der Waals surface area contributed by atoms with Crippen molar-refractivity contribution in [3.8, 4) is 0 Å². The number of allylic oxidation sites excluding steroid dienone is 1. The second-order valence-corrected chi connectivity index (χ2v) is 16.7. The molecule has 2 heterocycles. The average Bonchev–Trinajstić information content (AvgIpc) is 3.94. The second kappa shape index (κ2) is 14.3. The number of hydrogen-bond acceptors (Lipinski definition) is 10. The fourth-order valence-electron chi connectivity index (χ4n) is 6.33. The van der Waals surface area contributed by atoms with Crippen LogP contribution in [0.25, 0.3) is 0 Å². The minimum absolute atomic E-state index is 0.0371. The zero-order chi connectivity index (χ0) is 38.3. The fraction of sp³-hybridized carbons (Fsp3) is 0.543. The lowest BCUT2D eigenvalue weighted by atomic mass is 10.0. The summed E-state index contributed by atoms with van der Waals surface area (Å²) in [5.41, 5.74) is -1.60. The van der Waals surface area contributed by atoms with Crippen LogP contribution in [0.1, 0.15) is 70.9 Å². The van der Waals surface area contributed by atoms with Crippen LogP contribution in [0.2, 0.25) is 0 Å². The van der Waals surface area contributed by atoms with E-state index in [1.54, 1.807) is 26.8 Å². The summed E-state index contributed by atoms with van der Waals surface area (Å²) in [6.45, 7) is 13.2. The van der Waals surface area contributed by atoms with Gasteiger partial charge in [-0.2, -0.15) is 0 Å². The van der Waals surface area contributed by atoms with Crippen molar-refractivity contribution in [3.05, 3.63) is 60.0 Å². The number of hydrogen-bond donors (Lipinski definition) is 3. The van der Waals surface area contributed by atoms with Crippen molar-refractivity contribution >= 4 is 45.7 Å². The molecule has 5 atom stereocenters. The summed E-state index contributed by atoms with van der Waals surface area (Å²) >= 11 is 0. The van der Waals surface area contributed by atoms with Gasteiger partial charge in [-0.1, -0.05) is 24.8 Å². The van der Waals surface area contributed by atoms with Crippen molar-refractivity contribution < 1.29 is 51.0 Å². The fourth-order valence-corrected chi connectivity index (χ4v) is 7.69. The molecule has 5 rings (SSSR count). The Hall–Kier alpha value is -4.80. The molecule has 1 saturated heterocycles. The van der Waals surface area contributed by atoms with Crippen molar-refractivity contribution in [1.82, 2.24) is 25.2 Å². The third-order valence-electron chi connectivity index (χ3n) is 9.40. The molecule has 1 aromatic carbocycles. The number of nitrogens with one attached hydrogen (secondary N) is 3. The van der Waals surface area contributed by atoms with Crippen molar-refractivity contribution in [3.63, 3.8) is 0 Å².